The number of anilines is 1. The van der Waals surface area contributed by atoms with Crippen LogP contribution in [0.4, 0.5) is 6.01 Å². The number of nitrogens with one attached hydrogen (secondary N) is 1. The number of aliphatic carboxylic acids is 1. The Balaban J connectivity index is 1.81. The molecule has 0 radical (unpaired) electrons. The molecule has 2 atom stereocenters. The summed E-state index contributed by atoms with van der Waals surface area (Å²) in [5.74, 6) is -0.417. The predicted octanol–water partition coefficient (Wildman–Crippen LogP) is 5.02. The predicted molar refractivity (Wildman–Crippen MR) is 104 cm³/mol. The van der Waals surface area contributed by atoms with Crippen molar-refractivity contribution in [2.45, 2.75) is 45.3 Å². The highest BCUT2D eigenvalue weighted by molar-refractivity contribution is 5.74. The van der Waals surface area contributed by atoms with E-state index in [0.717, 1.165) is 29.5 Å². The largest absolute Gasteiger partial charge is 0.479 e. The van der Waals surface area contributed by atoms with Gasteiger partial charge < -0.3 is 19.6 Å². The smallest absolute Gasteiger partial charge is 0.344 e. The molecule has 27 heavy (non-hydrogen) atoms. The minimum Gasteiger partial charge on any atom is -0.479 e. The number of hydrogen-bond donors (Lipinski definition) is 2. The van der Waals surface area contributed by atoms with Gasteiger partial charge in [0.1, 0.15) is 11.3 Å². The summed E-state index contributed by atoms with van der Waals surface area (Å²) < 4.78 is 11.4. The fourth-order valence-electron chi connectivity index (χ4n) is 2.97. The number of aromatic nitrogens is 1. The van der Waals surface area contributed by atoms with Crippen LogP contribution in [0.15, 0.2) is 52.9 Å². The molecule has 0 amide bonds. The fourth-order valence-corrected chi connectivity index (χ4v) is 2.97. The van der Waals surface area contributed by atoms with E-state index in [1.54, 1.807) is 13.0 Å². The first kappa shape index (κ1) is 18.8. The zero-order valence-electron chi connectivity index (χ0n) is 15.5. The lowest BCUT2D eigenvalue weighted by Crippen LogP contribution is -2.26. The Kier molecular flexibility index (Phi) is 5.96. The van der Waals surface area contributed by atoms with Crippen molar-refractivity contribution in [1.29, 1.82) is 0 Å². The first-order valence-corrected chi connectivity index (χ1v) is 9.22. The molecule has 2 unspecified atom stereocenters. The van der Waals surface area contributed by atoms with Crippen molar-refractivity contribution in [1.82, 2.24) is 4.98 Å². The highest BCUT2D eigenvalue weighted by atomic mass is 16.5. The molecule has 0 spiro atoms. The van der Waals surface area contributed by atoms with Gasteiger partial charge in [-0.3, -0.25) is 0 Å². The number of benzene rings is 2. The molecule has 3 rings (SSSR count). The van der Waals surface area contributed by atoms with E-state index in [1.165, 1.54) is 0 Å². The number of carbonyl (C=O) groups is 1. The van der Waals surface area contributed by atoms with Crippen molar-refractivity contribution in [3.63, 3.8) is 0 Å². The number of nitrogens with zero attached hydrogens (tertiary/aromatic N) is 1. The summed E-state index contributed by atoms with van der Waals surface area (Å²) in [7, 11) is 0. The zero-order valence-corrected chi connectivity index (χ0v) is 15.5. The maximum Gasteiger partial charge on any atom is 0.344 e. The summed E-state index contributed by atoms with van der Waals surface area (Å²) in [6.07, 6.45) is 1.39. The highest BCUT2D eigenvalue weighted by Crippen LogP contribution is 2.28. The molecule has 0 saturated carbocycles. The number of carboxylic acids is 1. The number of fused-ring (bicyclic) bond motifs is 1. The van der Waals surface area contributed by atoms with Crippen LogP contribution >= 0.6 is 0 Å². The van der Waals surface area contributed by atoms with Gasteiger partial charge in [0, 0.05) is 0 Å². The second kappa shape index (κ2) is 8.58. The van der Waals surface area contributed by atoms with Gasteiger partial charge in [0.2, 0.25) is 0 Å². The van der Waals surface area contributed by atoms with E-state index >= 15 is 0 Å². The van der Waals surface area contributed by atoms with E-state index in [1.807, 2.05) is 42.5 Å². The van der Waals surface area contributed by atoms with Gasteiger partial charge >= 0.3 is 5.97 Å². The third-order valence-electron chi connectivity index (χ3n) is 4.35. The Morgan fingerprint density at radius 3 is 2.74 bits per heavy atom. The normalized spacial score (nSPS) is 13.3. The molecule has 2 N–H and O–H groups in total. The monoisotopic (exact) mass is 368 g/mol. The molecule has 0 saturated heterocycles. The molecule has 0 aliphatic carbocycles. The van der Waals surface area contributed by atoms with Crippen molar-refractivity contribution in [2.75, 3.05) is 5.32 Å². The van der Waals surface area contributed by atoms with E-state index in [9.17, 15) is 9.90 Å². The molecule has 1 heterocycles. The van der Waals surface area contributed by atoms with Crippen LogP contribution in [0, 0.1) is 0 Å². The van der Waals surface area contributed by atoms with Gasteiger partial charge in [-0.25, -0.2) is 4.79 Å². The second-order valence-corrected chi connectivity index (χ2v) is 6.40. The average molecular weight is 368 g/mol. The Morgan fingerprint density at radius 2 is 2.04 bits per heavy atom. The molecule has 6 nitrogen and oxygen atoms in total. The lowest BCUT2D eigenvalue weighted by molar-refractivity contribution is -0.145. The minimum atomic E-state index is -0.961. The van der Waals surface area contributed by atoms with Crippen LogP contribution in [0.2, 0.25) is 0 Å². The molecule has 0 aliphatic rings. The van der Waals surface area contributed by atoms with Crippen LogP contribution in [0.3, 0.4) is 0 Å². The van der Waals surface area contributed by atoms with Crippen LogP contribution in [0.1, 0.15) is 44.7 Å². The van der Waals surface area contributed by atoms with Crippen molar-refractivity contribution in [3.8, 4) is 5.75 Å². The zero-order chi connectivity index (χ0) is 19.2. The molecule has 0 fully saturated rings. The fraction of sp³-hybridized carbons (Fsp3) is 0.333. The van der Waals surface area contributed by atoms with Gasteiger partial charge in [-0.15, -0.1) is 0 Å². The second-order valence-electron chi connectivity index (χ2n) is 6.40. The summed E-state index contributed by atoms with van der Waals surface area (Å²) in [4.78, 5) is 15.7. The molecule has 3 aromatic rings. The molecule has 0 bridgehead atoms. The quantitative estimate of drug-likeness (QED) is 0.551. The van der Waals surface area contributed by atoms with Gasteiger partial charge in [-0.1, -0.05) is 44.5 Å². The van der Waals surface area contributed by atoms with Crippen molar-refractivity contribution < 1.29 is 19.1 Å². The summed E-state index contributed by atoms with van der Waals surface area (Å²) >= 11 is 0. The topological polar surface area (TPSA) is 84.6 Å². The van der Waals surface area contributed by atoms with Gasteiger partial charge in [0.15, 0.2) is 11.7 Å². The van der Waals surface area contributed by atoms with Crippen LogP contribution in [0.25, 0.3) is 11.1 Å². The molecular weight excluding hydrogens is 344 g/mol. The minimum absolute atomic E-state index is 0.0171. The van der Waals surface area contributed by atoms with Crippen LogP contribution in [-0.4, -0.2) is 22.2 Å². The number of oxazole rings is 1. The van der Waals surface area contributed by atoms with Crippen LogP contribution in [0.5, 0.6) is 5.75 Å². The first-order valence-electron chi connectivity index (χ1n) is 9.22. The van der Waals surface area contributed by atoms with Gasteiger partial charge in [-0.2, -0.15) is 4.98 Å². The average Bonchev–Trinajstić information content (AvgIpc) is 3.08. The van der Waals surface area contributed by atoms with Crippen LogP contribution < -0.4 is 10.1 Å². The van der Waals surface area contributed by atoms with E-state index in [4.69, 9.17) is 9.15 Å². The Labute approximate surface area is 158 Å². The molecule has 1 aromatic heterocycles. The van der Waals surface area contributed by atoms with Crippen molar-refractivity contribution in [2.24, 2.45) is 0 Å². The number of para-hydroxylation sites is 2. The molecular formula is C21H24N2O4. The van der Waals surface area contributed by atoms with E-state index in [-0.39, 0.29) is 6.04 Å². The van der Waals surface area contributed by atoms with Gasteiger partial charge in [0.25, 0.3) is 6.01 Å². The van der Waals surface area contributed by atoms with E-state index in [2.05, 4.69) is 17.2 Å². The third kappa shape index (κ3) is 4.58. The SMILES string of the molecule is CCCC(Nc1nc2ccccc2o1)c1cccc(OC(CC)C(=O)O)c1. The lowest BCUT2D eigenvalue weighted by atomic mass is 10.0. The number of hydrogen-bond acceptors (Lipinski definition) is 5. The molecule has 142 valence electrons. The molecule has 2 aromatic carbocycles. The lowest BCUT2D eigenvalue weighted by Gasteiger charge is -2.19. The summed E-state index contributed by atoms with van der Waals surface area (Å²) in [6.45, 7) is 3.90. The summed E-state index contributed by atoms with van der Waals surface area (Å²) in [5, 5.41) is 12.6. The number of rotatable bonds is 9. The number of carboxylic acid groups (broad SMARTS) is 1. The van der Waals surface area contributed by atoms with E-state index < -0.39 is 12.1 Å². The number of ether oxygens (including phenoxy) is 1. The Hall–Kier alpha value is -3.02. The maximum absolute atomic E-state index is 11.2. The third-order valence-corrected chi connectivity index (χ3v) is 4.35. The van der Waals surface area contributed by atoms with Gasteiger partial charge in [0.05, 0.1) is 6.04 Å². The highest BCUT2D eigenvalue weighted by Gasteiger charge is 2.19. The van der Waals surface area contributed by atoms with Crippen molar-refractivity contribution in [3.05, 3.63) is 54.1 Å². The first-order chi connectivity index (χ1) is 13.1. The standard InChI is InChI=1S/C21H24N2O4/c1-3-8-16(22-21-23-17-11-5-6-12-19(17)27-21)14-9-7-10-15(13-14)26-18(4-2)20(24)25/h5-7,9-13,16,18H,3-4,8H2,1-2H3,(H,22,23)(H,24,25). The molecule has 6 heteroatoms. The Morgan fingerprint density at radius 1 is 1.22 bits per heavy atom. The summed E-state index contributed by atoms with van der Waals surface area (Å²) in [6, 6.07) is 15.6. The maximum atomic E-state index is 11.2. The molecule has 0 aliphatic heterocycles. The summed E-state index contributed by atoms with van der Waals surface area (Å²) in [5.41, 5.74) is 2.54. The Bertz CT molecular complexity index is 873. The van der Waals surface area contributed by atoms with E-state index in [0.29, 0.717) is 18.2 Å². The van der Waals surface area contributed by atoms with Gasteiger partial charge in [-0.05, 0) is 42.7 Å². The van der Waals surface area contributed by atoms with Crippen LogP contribution in [-0.2, 0) is 4.79 Å². The van der Waals surface area contributed by atoms with Crippen molar-refractivity contribution >= 4 is 23.1 Å².